The molecule has 0 bridgehead atoms. The molecule has 0 N–H and O–H groups in total. The number of hydrogen-bond acceptors (Lipinski definition) is 0. The van der Waals surface area contributed by atoms with Gasteiger partial charge in [0.2, 0.25) is 0 Å². The lowest BCUT2D eigenvalue weighted by Crippen LogP contribution is -2.03. The van der Waals surface area contributed by atoms with Crippen molar-refractivity contribution >= 4 is 0 Å². The van der Waals surface area contributed by atoms with E-state index in [9.17, 15) is 0 Å². The second kappa shape index (κ2) is 17.4. The van der Waals surface area contributed by atoms with Crippen LogP contribution in [0.4, 0.5) is 0 Å². The van der Waals surface area contributed by atoms with E-state index in [-0.39, 0.29) is 7.43 Å². The summed E-state index contributed by atoms with van der Waals surface area (Å²) < 4.78 is 0. The molecule has 0 saturated carbocycles. The monoisotopic (exact) mass is 312 g/mol. The average molecular weight is 313 g/mol. The zero-order chi connectivity index (χ0) is 15.8. The lowest BCUT2D eigenvalue weighted by Gasteiger charge is -2.17. The fourth-order valence-electron chi connectivity index (χ4n) is 3.03. The Kier molecular flexibility index (Phi) is 19.1. The number of unbranched alkanes of at least 4 members (excludes halogenated alkanes) is 14. The van der Waals surface area contributed by atoms with Gasteiger partial charge in [0, 0.05) is 0 Å². The van der Waals surface area contributed by atoms with Crippen LogP contribution in [0.15, 0.2) is 0 Å². The summed E-state index contributed by atoms with van der Waals surface area (Å²) in [6, 6.07) is 0. The van der Waals surface area contributed by atoms with Gasteiger partial charge < -0.3 is 0 Å². The van der Waals surface area contributed by atoms with Crippen molar-refractivity contribution < 1.29 is 0 Å². The van der Waals surface area contributed by atoms with Crippen LogP contribution < -0.4 is 0 Å². The lowest BCUT2D eigenvalue weighted by atomic mass is 9.89. The minimum absolute atomic E-state index is 0. The molecule has 0 unspecified atom stereocenters. The molecule has 0 fully saturated rings. The minimum Gasteiger partial charge on any atom is -0.0776 e. The van der Waals surface area contributed by atoms with Crippen LogP contribution in [0.1, 0.15) is 138 Å². The largest absolute Gasteiger partial charge is 0.0776 e. The highest BCUT2D eigenvalue weighted by atomic mass is 14.1. The molecule has 0 aliphatic heterocycles. The molecule has 0 rings (SSSR count). The zero-order valence-corrected chi connectivity index (χ0v) is 15.8. The van der Waals surface area contributed by atoms with Gasteiger partial charge in [-0.25, -0.2) is 0 Å². The van der Waals surface area contributed by atoms with Crippen LogP contribution in [0.2, 0.25) is 0 Å². The maximum atomic E-state index is 2.36. The van der Waals surface area contributed by atoms with Crippen molar-refractivity contribution in [3.05, 3.63) is 0 Å². The molecule has 22 heavy (non-hydrogen) atoms. The first kappa shape index (κ1) is 24.3. The number of hydrogen-bond donors (Lipinski definition) is 0. The molecular formula is C22H48. The molecule has 136 valence electrons. The van der Waals surface area contributed by atoms with Gasteiger partial charge in [-0.1, -0.05) is 131 Å². The van der Waals surface area contributed by atoms with Gasteiger partial charge in [-0.3, -0.25) is 0 Å². The Morgan fingerprint density at radius 2 is 0.727 bits per heavy atom. The van der Waals surface area contributed by atoms with Gasteiger partial charge in [0.15, 0.2) is 0 Å². The van der Waals surface area contributed by atoms with Crippen molar-refractivity contribution in [1.82, 2.24) is 0 Å². The molecule has 0 aromatic carbocycles. The molecule has 0 spiro atoms. The highest BCUT2D eigenvalue weighted by Gasteiger charge is 2.08. The maximum absolute atomic E-state index is 2.36. The standard InChI is InChI=1S/C21H44.CH4/c1-5-6-7-8-9-10-11-12-13-14-15-16-17-18-19-20-21(2,3)4;/h5-20H2,1-4H3;1H4. The van der Waals surface area contributed by atoms with Crippen LogP contribution in [0, 0.1) is 5.41 Å². The summed E-state index contributed by atoms with van der Waals surface area (Å²) in [7, 11) is 0. The van der Waals surface area contributed by atoms with E-state index in [4.69, 9.17) is 0 Å². The summed E-state index contributed by atoms with van der Waals surface area (Å²) in [4.78, 5) is 0. The third-order valence-electron chi connectivity index (χ3n) is 4.53. The van der Waals surface area contributed by atoms with E-state index < -0.39 is 0 Å². The van der Waals surface area contributed by atoms with Crippen molar-refractivity contribution in [2.45, 2.75) is 138 Å². The topological polar surface area (TPSA) is 0 Å². The first-order chi connectivity index (χ1) is 10.1. The fourth-order valence-corrected chi connectivity index (χ4v) is 3.03. The maximum Gasteiger partial charge on any atom is -0.0383 e. The number of rotatable bonds is 15. The summed E-state index contributed by atoms with van der Waals surface area (Å²) in [5.74, 6) is 0. The van der Waals surface area contributed by atoms with E-state index in [1.54, 1.807) is 0 Å². The van der Waals surface area contributed by atoms with Crippen molar-refractivity contribution in [2.24, 2.45) is 5.41 Å². The Balaban J connectivity index is 0. The van der Waals surface area contributed by atoms with E-state index in [0.717, 1.165) is 0 Å². The smallest absolute Gasteiger partial charge is 0.0383 e. The van der Waals surface area contributed by atoms with E-state index in [1.807, 2.05) is 0 Å². The Morgan fingerprint density at radius 3 is 1.00 bits per heavy atom. The molecule has 0 heteroatoms. The second-order valence-electron chi connectivity index (χ2n) is 8.26. The van der Waals surface area contributed by atoms with Crippen molar-refractivity contribution in [2.75, 3.05) is 0 Å². The normalized spacial score (nSPS) is 11.5. The summed E-state index contributed by atoms with van der Waals surface area (Å²) in [6.45, 7) is 9.37. The highest BCUT2D eigenvalue weighted by molar-refractivity contribution is 4.61. The second-order valence-corrected chi connectivity index (χ2v) is 8.26. The van der Waals surface area contributed by atoms with Crippen LogP contribution in [0.25, 0.3) is 0 Å². The predicted octanol–water partition coefficient (Wildman–Crippen LogP) is 8.93. The highest BCUT2D eigenvalue weighted by Crippen LogP contribution is 2.22. The molecule has 0 radical (unpaired) electrons. The third kappa shape index (κ3) is 22.3. The average Bonchev–Trinajstić information content (AvgIpc) is 2.42. The first-order valence-corrected chi connectivity index (χ1v) is 10.1. The van der Waals surface area contributed by atoms with Crippen molar-refractivity contribution in [1.29, 1.82) is 0 Å². The van der Waals surface area contributed by atoms with E-state index >= 15 is 0 Å². The molecule has 0 aromatic rings. The Hall–Kier alpha value is 0. The fraction of sp³-hybridized carbons (Fsp3) is 1.00. The summed E-state index contributed by atoms with van der Waals surface area (Å²) >= 11 is 0. The van der Waals surface area contributed by atoms with Crippen LogP contribution >= 0.6 is 0 Å². The molecule has 0 nitrogen and oxygen atoms in total. The van der Waals surface area contributed by atoms with E-state index in [2.05, 4.69) is 27.7 Å². The van der Waals surface area contributed by atoms with E-state index in [0.29, 0.717) is 5.41 Å². The predicted molar refractivity (Wildman–Crippen MR) is 106 cm³/mol. The third-order valence-corrected chi connectivity index (χ3v) is 4.53. The van der Waals surface area contributed by atoms with Crippen LogP contribution in [0.3, 0.4) is 0 Å². The lowest BCUT2D eigenvalue weighted by molar-refractivity contribution is 0.356. The molecule has 0 aromatic heterocycles. The van der Waals surface area contributed by atoms with Gasteiger partial charge in [-0.05, 0) is 11.8 Å². The van der Waals surface area contributed by atoms with Crippen molar-refractivity contribution in [3.63, 3.8) is 0 Å². The molecule has 0 aliphatic rings. The molecule has 0 amide bonds. The molecule has 0 saturated heterocycles. The van der Waals surface area contributed by atoms with Gasteiger partial charge in [0.05, 0.1) is 0 Å². The Morgan fingerprint density at radius 1 is 0.455 bits per heavy atom. The van der Waals surface area contributed by atoms with Gasteiger partial charge in [0.25, 0.3) is 0 Å². The quantitative estimate of drug-likeness (QED) is 0.265. The van der Waals surface area contributed by atoms with Gasteiger partial charge >= 0.3 is 0 Å². The summed E-state index contributed by atoms with van der Waals surface area (Å²) in [6.07, 6.45) is 23.3. The molecule has 0 atom stereocenters. The van der Waals surface area contributed by atoms with Crippen LogP contribution in [-0.4, -0.2) is 0 Å². The van der Waals surface area contributed by atoms with Crippen molar-refractivity contribution in [3.8, 4) is 0 Å². The first-order valence-electron chi connectivity index (χ1n) is 10.1. The molecular weight excluding hydrogens is 264 g/mol. The summed E-state index contributed by atoms with van der Waals surface area (Å²) in [5, 5.41) is 0. The minimum atomic E-state index is 0. The zero-order valence-electron chi connectivity index (χ0n) is 15.8. The van der Waals surface area contributed by atoms with E-state index in [1.165, 1.54) is 103 Å². The van der Waals surface area contributed by atoms with Crippen LogP contribution in [0.5, 0.6) is 0 Å². The Labute approximate surface area is 143 Å². The van der Waals surface area contributed by atoms with Gasteiger partial charge in [0.1, 0.15) is 0 Å². The SMILES string of the molecule is C.CCCCCCCCCCCCCCCCCC(C)(C)C. The van der Waals surface area contributed by atoms with Gasteiger partial charge in [-0.2, -0.15) is 0 Å². The summed E-state index contributed by atoms with van der Waals surface area (Å²) in [5.41, 5.74) is 0.538. The molecule has 0 aliphatic carbocycles. The van der Waals surface area contributed by atoms with Gasteiger partial charge in [-0.15, -0.1) is 0 Å². The Bertz CT molecular complexity index is 187. The molecule has 0 heterocycles. The van der Waals surface area contributed by atoms with Crippen LogP contribution in [-0.2, 0) is 0 Å².